The molecule has 3 N–H and O–H groups in total. The fraction of sp³-hybridized carbons (Fsp3) is 0.788. The first-order chi connectivity index (χ1) is 37.3. The predicted octanol–water partition coefficient (Wildman–Crippen LogP) is 20.5. The summed E-state index contributed by atoms with van der Waals surface area (Å²) in [5.41, 5.74) is 5.38. The number of unbranched alkanes of at least 4 members (excludes halogenated alkanes) is 35. The molecule has 9 nitrogen and oxygen atoms in total. The van der Waals surface area contributed by atoms with Gasteiger partial charge in [0.2, 0.25) is 0 Å². The van der Waals surface area contributed by atoms with Crippen molar-refractivity contribution in [2.45, 2.75) is 309 Å². The highest BCUT2D eigenvalue weighted by atomic mass is 31.2. The van der Waals surface area contributed by atoms with E-state index in [0.29, 0.717) is 6.42 Å². The summed E-state index contributed by atoms with van der Waals surface area (Å²) in [7, 11) is -4.40. The topological polar surface area (TPSA) is 134 Å². The van der Waals surface area contributed by atoms with E-state index in [1.807, 2.05) is 0 Å². The lowest BCUT2D eigenvalue weighted by Crippen LogP contribution is -2.29. The molecule has 0 fully saturated rings. The van der Waals surface area contributed by atoms with Gasteiger partial charge in [-0.2, -0.15) is 0 Å². The molecule has 0 heterocycles. The van der Waals surface area contributed by atoms with Crippen molar-refractivity contribution in [1.29, 1.82) is 0 Å². The van der Waals surface area contributed by atoms with Gasteiger partial charge in [0.15, 0.2) is 6.10 Å². The number of rotatable bonds is 60. The van der Waals surface area contributed by atoms with E-state index in [4.69, 9.17) is 24.3 Å². The Morgan fingerprint density at radius 2 is 0.724 bits per heavy atom. The normalized spacial score (nSPS) is 13.5. The van der Waals surface area contributed by atoms with E-state index < -0.39 is 26.5 Å². The number of hydrogen-bond acceptors (Lipinski definition) is 8. The SMILES string of the molecule is CC/C=C\C/C=C\C/C=C\C/C=C\C/C=C\C/C=C\CCCCC(=O)OC(COC(=O)CCCCCCCCCCCCCCCCCCCCCCCCCCCCCCCCCCCC)COP(=O)(O)OCCN. The van der Waals surface area contributed by atoms with Gasteiger partial charge < -0.3 is 20.1 Å². The Bertz CT molecular complexity index is 1470. The number of carbonyl (C=O) groups is 2. The number of esters is 2. The molecule has 0 radical (unpaired) electrons. The molecule has 0 rings (SSSR count). The van der Waals surface area contributed by atoms with Gasteiger partial charge in [-0.1, -0.05) is 299 Å². The lowest BCUT2D eigenvalue weighted by atomic mass is 10.0. The summed E-state index contributed by atoms with van der Waals surface area (Å²) < 4.78 is 33.0. The van der Waals surface area contributed by atoms with Crippen LogP contribution in [0.3, 0.4) is 0 Å². The van der Waals surface area contributed by atoms with Gasteiger partial charge in [-0.15, -0.1) is 0 Å². The zero-order chi connectivity index (χ0) is 55.2. The Hall–Kier alpha value is -2.55. The minimum atomic E-state index is -4.40. The molecule has 76 heavy (non-hydrogen) atoms. The Morgan fingerprint density at radius 3 is 1.08 bits per heavy atom. The largest absolute Gasteiger partial charge is 0.472 e. The highest BCUT2D eigenvalue weighted by Crippen LogP contribution is 2.43. The summed E-state index contributed by atoms with van der Waals surface area (Å²) in [6.07, 6.45) is 80.0. The molecule has 0 aliphatic heterocycles. The van der Waals surface area contributed by atoms with Crippen molar-refractivity contribution in [3.8, 4) is 0 Å². The van der Waals surface area contributed by atoms with Gasteiger partial charge in [0, 0.05) is 19.4 Å². The van der Waals surface area contributed by atoms with Crippen molar-refractivity contribution < 1.29 is 37.6 Å². The zero-order valence-electron chi connectivity index (χ0n) is 49.5. The predicted molar refractivity (Wildman–Crippen MR) is 326 cm³/mol. The number of nitrogens with two attached hydrogens (primary N) is 1. The summed E-state index contributed by atoms with van der Waals surface area (Å²) in [6.45, 7) is 3.61. The van der Waals surface area contributed by atoms with Crippen LogP contribution in [0.25, 0.3) is 0 Å². The van der Waals surface area contributed by atoms with Gasteiger partial charge in [-0.25, -0.2) is 4.57 Å². The van der Waals surface area contributed by atoms with Crippen molar-refractivity contribution in [3.63, 3.8) is 0 Å². The first-order valence-electron chi connectivity index (χ1n) is 31.9. The first kappa shape index (κ1) is 73.5. The van der Waals surface area contributed by atoms with Crippen LogP contribution in [0.1, 0.15) is 303 Å². The highest BCUT2D eigenvalue weighted by Gasteiger charge is 2.26. The first-order valence-corrected chi connectivity index (χ1v) is 33.4. The monoisotopic (exact) mass is 1090 g/mol. The van der Waals surface area contributed by atoms with E-state index in [0.717, 1.165) is 70.6 Å². The van der Waals surface area contributed by atoms with Gasteiger partial charge in [-0.05, 0) is 64.2 Å². The van der Waals surface area contributed by atoms with Crippen LogP contribution >= 0.6 is 7.82 Å². The molecule has 0 saturated heterocycles. The van der Waals surface area contributed by atoms with Crippen molar-refractivity contribution in [2.24, 2.45) is 5.73 Å². The maximum absolute atomic E-state index is 12.7. The maximum Gasteiger partial charge on any atom is 0.472 e. The molecule has 0 spiro atoms. The van der Waals surface area contributed by atoms with Crippen LogP contribution in [0.15, 0.2) is 72.9 Å². The third kappa shape index (κ3) is 60.7. The fourth-order valence-corrected chi connectivity index (χ4v) is 9.94. The maximum atomic E-state index is 12.7. The second kappa shape index (κ2) is 61.7. The van der Waals surface area contributed by atoms with Crippen molar-refractivity contribution in [1.82, 2.24) is 0 Å². The molecular formula is C66H120NO8P. The van der Waals surface area contributed by atoms with E-state index in [2.05, 4.69) is 86.8 Å². The molecule has 0 aliphatic carbocycles. The average Bonchev–Trinajstić information content (AvgIpc) is 3.41. The molecule has 2 atom stereocenters. The van der Waals surface area contributed by atoms with Gasteiger partial charge in [0.05, 0.1) is 13.2 Å². The molecule has 0 aromatic heterocycles. The molecule has 0 amide bonds. The van der Waals surface area contributed by atoms with Crippen LogP contribution in [-0.2, 0) is 32.7 Å². The summed E-state index contributed by atoms with van der Waals surface area (Å²) in [6, 6.07) is 0. The number of allylic oxidation sites excluding steroid dienone is 12. The highest BCUT2D eigenvalue weighted by molar-refractivity contribution is 7.47. The van der Waals surface area contributed by atoms with Crippen LogP contribution in [0, 0.1) is 0 Å². The Kier molecular flexibility index (Phi) is 59.6. The number of carbonyl (C=O) groups excluding carboxylic acids is 2. The minimum absolute atomic E-state index is 0.0439. The van der Waals surface area contributed by atoms with Gasteiger partial charge in [0.1, 0.15) is 6.61 Å². The van der Waals surface area contributed by atoms with Crippen molar-refractivity contribution in [2.75, 3.05) is 26.4 Å². The lowest BCUT2D eigenvalue weighted by molar-refractivity contribution is -0.161. The van der Waals surface area contributed by atoms with Crippen LogP contribution in [0.2, 0.25) is 0 Å². The Balaban J connectivity index is 3.89. The lowest BCUT2D eigenvalue weighted by Gasteiger charge is -2.19. The van der Waals surface area contributed by atoms with E-state index in [1.165, 1.54) is 199 Å². The van der Waals surface area contributed by atoms with Crippen molar-refractivity contribution >= 4 is 19.8 Å². The fourth-order valence-electron chi connectivity index (χ4n) is 9.17. The van der Waals surface area contributed by atoms with E-state index in [9.17, 15) is 19.0 Å². The van der Waals surface area contributed by atoms with E-state index >= 15 is 0 Å². The summed E-state index contributed by atoms with van der Waals surface area (Å²) >= 11 is 0. The van der Waals surface area contributed by atoms with Crippen LogP contribution < -0.4 is 5.73 Å². The minimum Gasteiger partial charge on any atom is -0.462 e. The molecule has 2 unspecified atom stereocenters. The van der Waals surface area contributed by atoms with Gasteiger partial charge >= 0.3 is 19.8 Å². The average molecular weight is 1090 g/mol. The Morgan fingerprint density at radius 1 is 0.408 bits per heavy atom. The number of ether oxygens (including phenoxy) is 2. The van der Waals surface area contributed by atoms with E-state index in [-0.39, 0.29) is 38.6 Å². The van der Waals surface area contributed by atoms with Gasteiger partial charge in [0.25, 0.3) is 0 Å². The standard InChI is InChI=1S/C66H120NO8P/c1-3-5-7-9-11-13-15-17-19-21-23-25-26-27-28-29-30-31-32-33-34-35-36-37-39-40-42-44-46-48-50-52-54-56-58-65(68)72-62-64(63-74-76(70,71)73-61-60-67)75-66(69)59-57-55-53-51-49-47-45-43-41-38-24-22-20-18-16-14-12-10-8-6-4-2/h6,8,12,14,18,20,24,38,43,45,49,51,64H,3-5,7,9-11,13,15-17,19,21-23,25-37,39-42,44,46-48,50,52-63,67H2,1-2H3,(H,70,71)/b8-6-,14-12-,20-18-,38-24-,45-43-,51-49-. The second-order valence-corrected chi connectivity index (χ2v) is 22.7. The summed E-state index contributed by atoms with van der Waals surface area (Å²) in [4.78, 5) is 35.2. The van der Waals surface area contributed by atoms with Crippen molar-refractivity contribution in [3.05, 3.63) is 72.9 Å². The molecule has 0 bridgehead atoms. The molecule has 0 aliphatic rings. The molecule has 0 aromatic rings. The third-order valence-electron chi connectivity index (χ3n) is 13.9. The Labute approximate surface area is 469 Å². The molecular weight excluding hydrogens is 966 g/mol. The van der Waals surface area contributed by atoms with Crippen LogP contribution in [-0.4, -0.2) is 49.3 Å². The van der Waals surface area contributed by atoms with E-state index in [1.54, 1.807) is 0 Å². The second-order valence-electron chi connectivity index (χ2n) is 21.3. The zero-order valence-corrected chi connectivity index (χ0v) is 50.4. The summed E-state index contributed by atoms with van der Waals surface area (Å²) in [5.74, 6) is -0.871. The number of phosphoric ester groups is 1. The molecule has 442 valence electrons. The third-order valence-corrected chi connectivity index (χ3v) is 14.8. The smallest absolute Gasteiger partial charge is 0.462 e. The van der Waals surface area contributed by atoms with Gasteiger partial charge in [-0.3, -0.25) is 18.6 Å². The molecule has 10 heteroatoms. The van der Waals surface area contributed by atoms with Crippen LogP contribution in [0.4, 0.5) is 0 Å². The number of hydrogen-bond donors (Lipinski definition) is 2. The van der Waals surface area contributed by atoms with Crippen LogP contribution in [0.5, 0.6) is 0 Å². The summed E-state index contributed by atoms with van der Waals surface area (Å²) in [5, 5.41) is 0. The molecule has 0 saturated carbocycles. The quantitative estimate of drug-likeness (QED) is 0.0264. The molecule has 0 aromatic carbocycles. The number of phosphoric acid groups is 1.